The summed E-state index contributed by atoms with van der Waals surface area (Å²) in [6, 6.07) is 16.6. The Hall–Kier alpha value is -2.11. The van der Waals surface area contributed by atoms with Gasteiger partial charge in [0.25, 0.3) is 0 Å². The van der Waals surface area contributed by atoms with E-state index in [4.69, 9.17) is 9.31 Å². The van der Waals surface area contributed by atoms with Crippen molar-refractivity contribution in [1.29, 1.82) is 0 Å². The molecule has 2 aromatic carbocycles. The van der Waals surface area contributed by atoms with Crippen LogP contribution in [0.25, 0.3) is 11.1 Å². The van der Waals surface area contributed by atoms with Gasteiger partial charge in [-0.1, -0.05) is 48.5 Å². The second-order valence-electron chi connectivity index (χ2n) is 7.98. The zero-order valence-corrected chi connectivity index (χ0v) is 16.7. The molecule has 5 heteroatoms. The molecule has 1 saturated heterocycles. The first-order valence-electron chi connectivity index (χ1n) is 9.33. The molecular weight excluding hydrogens is 339 g/mol. The summed E-state index contributed by atoms with van der Waals surface area (Å²) in [6.45, 7) is 8.23. The zero-order valence-electron chi connectivity index (χ0n) is 16.7. The van der Waals surface area contributed by atoms with Gasteiger partial charge in [0.15, 0.2) is 0 Å². The van der Waals surface area contributed by atoms with Gasteiger partial charge in [-0.2, -0.15) is 0 Å². The molecule has 0 aromatic heterocycles. The third-order valence-corrected chi connectivity index (χ3v) is 5.57. The van der Waals surface area contributed by atoms with Gasteiger partial charge < -0.3 is 14.0 Å². The third kappa shape index (κ3) is 4.25. The summed E-state index contributed by atoms with van der Waals surface area (Å²) >= 11 is 0. The minimum Gasteiger partial charge on any atom is -0.469 e. The summed E-state index contributed by atoms with van der Waals surface area (Å²) < 4.78 is 16.9. The van der Waals surface area contributed by atoms with Gasteiger partial charge in [0.2, 0.25) is 0 Å². The van der Waals surface area contributed by atoms with E-state index >= 15 is 0 Å². The predicted octanol–water partition coefficient (Wildman–Crippen LogP) is 3.76. The van der Waals surface area contributed by atoms with Crippen LogP contribution in [0.2, 0.25) is 0 Å². The lowest BCUT2D eigenvalue weighted by atomic mass is 9.78. The number of esters is 1. The SMILES string of the molecule is COC(=O)CCc1ccc(-c2ccc(B3OC(C)(C)C(C)(C)O3)cc2)cc1. The maximum atomic E-state index is 11.3. The molecule has 1 fully saturated rings. The van der Waals surface area contributed by atoms with E-state index in [0.29, 0.717) is 12.8 Å². The Kier molecular flexibility index (Phi) is 5.45. The van der Waals surface area contributed by atoms with Gasteiger partial charge in [0.05, 0.1) is 18.3 Å². The summed E-state index contributed by atoms with van der Waals surface area (Å²) in [4.78, 5) is 11.3. The molecule has 1 aliphatic rings. The van der Waals surface area contributed by atoms with E-state index < -0.39 is 0 Å². The van der Waals surface area contributed by atoms with Crippen molar-refractivity contribution >= 4 is 18.6 Å². The molecule has 0 amide bonds. The number of methoxy groups -OCH3 is 1. The standard InChI is InChI=1S/C22H27BO4/c1-21(2)22(3,4)27-23(26-21)19-13-11-18(12-14-19)17-9-6-16(7-10-17)8-15-20(24)25-5/h6-7,9-14H,8,15H2,1-5H3. The van der Waals surface area contributed by atoms with Gasteiger partial charge in [-0.3, -0.25) is 4.79 Å². The normalized spacial score (nSPS) is 17.7. The molecule has 4 nitrogen and oxygen atoms in total. The highest BCUT2D eigenvalue weighted by molar-refractivity contribution is 6.62. The van der Waals surface area contributed by atoms with Crippen molar-refractivity contribution in [2.24, 2.45) is 0 Å². The summed E-state index contributed by atoms with van der Waals surface area (Å²) in [5, 5.41) is 0. The lowest BCUT2D eigenvalue weighted by Gasteiger charge is -2.32. The smallest absolute Gasteiger partial charge is 0.469 e. The van der Waals surface area contributed by atoms with Crippen LogP contribution in [0.4, 0.5) is 0 Å². The van der Waals surface area contributed by atoms with Crippen LogP contribution in [0.3, 0.4) is 0 Å². The van der Waals surface area contributed by atoms with E-state index in [1.807, 2.05) is 0 Å². The number of ether oxygens (including phenoxy) is 1. The van der Waals surface area contributed by atoms with Gasteiger partial charge >= 0.3 is 13.1 Å². The Morgan fingerprint density at radius 1 is 0.889 bits per heavy atom. The number of hydrogen-bond acceptors (Lipinski definition) is 4. The van der Waals surface area contributed by atoms with Crippen LogP contribution in [0.1, 0.15) is 39.7 Å². The number of carbonyl (C=O) groups is 1. The summed E-state index contributed by atoms with van der Waals surface area (Å²) in [7, 11) is 1.07. The molecule has 0 radical (unpaired) electrons. The van der Waals surface area contributed by atoms with Crippen molar-refractivity contribution in [3.8, 4) is 11.1 Å². The van der Waals surface area contributed by atoms with Gasteiger partial charge in [-0.05, 0) is 56.3 Å². The number of rotatable bonds is 5. The highest BCUT2D eigenvalue weighted by atomic mass is 16.7. The summed E-state index contributed by atoms with van der Waals surface area (Å²) in [5.74, 6) is -0.183. The predicted molar refractivity (Wildman–Crippen MR) is 108 cm³/mol. The van der Waals surface area contributed by atoms with E-state index in [1.54, 1.807) is 0 Å². The van der Waals surface area contributed by atoms with Crippen LogP contribution in [-0.2, 0) is 25.3 Å². The zero-order chi connectivity index (χ0) is 19.7. The second kappa shape index (κ2) is 7.49. The number of aryl methyl sites for hydroxylation is 1. The van der Waals surface area contributed by atoms with Crippen LogP contribution in [0, 0.1) is 0 Å². The maximum absolute atomic E-state index is 11.3. The van der Waals surface area contributed by atoms with Crippen molar-refractivity contribution in [2.75, 3.05) is 7.11 Å². The third-order valence-electron chi connectivity index (χ3n) is 5.57. The van der Waals surface area contributed by atoms with Gasteiger partial charge in [-0.25, -0.2) is 0 Å². The number of benzene rings is 2. The van der Waals surface area contributed by atoms with Crippen molar-refractivity contribution < 1.29 is 18.8 Å². The van der Waals surface area contributed by atoms with E-state index in [2.05, 4.69) is 81.0 Å². The molecule has 0 atom stereocenters. The molecule has 2 aromatic rings. The first-order valence-corrected chi connectivity index (χ1v) is 9.33. The minimum atomic E-state index is -0.343. The molecule has 1 heterocycles. The fraction of sp³-hybridized carbons (Fsp3) is 0.409. The molecule has 0 N–H and O–H groups in total. The Bertz CT molecular complexity index is 778. The highest BCUT2D eigenvalue weighted by Gasteiger charge is 2.51. The van der Waals surface area contributed by atoms with Crippen LogP contribution in [0.15, 0.2) is 48.5 Å². The molecular formula is C22H27BO4. The molecule has 0 bridgehead atoms. The first kappa shape index (κ1) is 19.7. The van der Waals surface area contributed by atoms with E-state index in [0.717, 1.165) is 22.2 Å². The Morgan fingerprint density at radius 3 is 1.85 bits per heavy atom. The lowest BCUT2D eigenvalue weighted by Crippen LogP contribution is -2.41. The molecule has 0 saturated carbocycles. The van der Waals surface area contributed by atoms with Crippen molar-refractivity contribution in [2.45, 2.75) is 51.7 Å². The van der Waals surface area contributed by atoms with E-state index in [1.165, 1.54) is 7.11 Å². The van der Waals surface area contributed by atoms with E-state index in [-0.39, 0.29) is 24.3 Å². The molecule has 0 unspecified atom stereocenters. The average Bonchev–Trinajstić information content (AvgIpc) is 2.87. The number of hydrogen-bond donors (Lipinski definition) is 0. The molecule has 142 valence electrons. The Morgan fingerprint density at radius 2 is 1.37 bits per heavy atom. The summed E-state index contributed by atoms with van der Waals surface area (Å²) in [6.07, 6.45) is 1.09. The quantitative estimate of drug-likeness (QED) is 0.597. The van der Waals surface area contributed by atoms with Crippen LogP contribution in [0.5, 0.6) is 0 Å². The van der Waals surface area contributed by atoms with Crippen molar-refractivity contribution in [1.82, 2.24) is 0 Å². The van der Waals surface area contributed by atoms with Crippen LogP contribution < -0.4 is 5.46 Å². The second-order valence-corrected chi connectivity index (χ2v) is 7.98. The molecule has 0 aliphatic carbocycles. The fourth-order valence-corrected chi connectivity index (χ4v) is 3.02. The minimum absolute atomic E-state index is 0.183. The molecule has 27 heavy (non-hydrogen) atoms. The van der Waals surface area contributed by atoms with Gasteiger partial charge in [-0.15, -0.1) is 0 Å². The van der Waals surface area contributed by atoms with Crippen LogP contribution in [-0.4, -0.2) is 31.4 Å². The molecule has 0 spiro atoms. The molecule has 3 rings (SSSR count). The summed E-state index contributed by atoms with van der Waals surface area (Å²) in [5.41, 5.74) is 3.74. The van der Waals surface area contributed by atoms with Gasteiger partial charge in [0.1, 0.15) is 0 Å². The van der Waals surface area contributed by atoms with Gasteiger partial charge in [0, 0.05) is 6.42 Å². The highest BCUT2D eigenvalue weighted by Crippen LogP contribution is 2.36. The Labute approximate surface area is 162 Å². The Balaban J connectivity index is 1.68. The molecule has 1 aliphatic heterocycles. The monoisotopic (exact) mass is 366 g/mol. The van der Waals surface area contributed by atoms with E-state index in [9.17, 15) is 4.79 Å². The first-order chi connectivity index (χ1) is 12.7. The average molecular weight is 366 g/mol. The van der Waals surface area contributed by atoms with Crippen molar-refractivity contribution in [3.05, 3.63) is 54.1 Å². The van der Waals surface area contributed by atoms with Crippen LogP contribution >= 0.6 is 0 Å². The number of carbonyl (C=O) groups excluding carboxylic acids is 1. The lowest BCUT2D eigenvalue weighted by molar-refractivity contribution is -0.140. The topological polar surface area (TPSA) is 44.8 Å². The maximum Gasteiger partial charge on any atom is 0.494 e. The fourth-order valence-electron chi connectivity index (χ4n) is 3.02. The van der Waals surface area contributed by atoms with Crippen molar-refractivity contribution in [3.63, 3.8) is 0 Å². The largest absolute Gasteiger partial charge is 0.494 e.